The molecule has 0 spiro atoms. The average molecular weight is 239 g/mol. The molecule has 6 nitrogen and oxygen atoms in total. The molecule has 0 aliphatic carbocycles. The van der Waals surface area contributed by atoms with Crippen molar-refractivity contribution >= 4 is 17.7 Å². The van der Waals surface area contributed by atoms with Crippen LogP contribution in [0.1, 0.15) is 13.3 Å². The van der Waals surface area contributed by atoms with Crippen LogP contribution in [0.2, 0.25) is 0 Å². The van der Waals surface area contributed by atoms with E-state index in [2.05, 4.69) is 17.2 Å². The minimum Gasteiger partial charge on any atom is -0.320 e. The van der Waals surface area contributed by atoms with Crippen LogP contribution in [0, 0.1) is 0 Å². The number of nitrogens with zero attached hydrogens (tertiary/aromatic N) is 1. The third-order valence-corrected chi connectivity index (χ3v) is 2.53. The Hall–Kier alpha value is -1.69. The Morgan fingerprint density at radius 2 is 2.35 bits per heavy atom. The van der Waals surface area contributed by atoms with Gasteiger partial charge in [0.1, 0.15) is 12.6 Å². The lowest BCUT2D eigenvalue weighted by Crippen LogP contribution is -2.60. The highest BCUT2D eigenvalue weighted by Gasteiger charge is 2.34. The summed E-state index contributed by atoms with van der Waals surface area (Å²) in [5, 5.41) is 5.08. The molecule has 1 unspecified atom stereocenters. The maximum absolute atomic E-state index is 11.8. The smallest absolute Gasteiger partial charge is 0.249 e. The number of nitrogens with one attached hydrogen (secondary N) is 2. The van der Waals surface area contributed by atoms with Gasteiger partial charge in [-0.15, -0.1) is 6.58 Å². The second kappa shape index (κ2) is 6.15. The molecule has 1 aliphatic heterocycles. The fraction of sp³-hybridized carbons (Fsp3) is 0.545. The molecular weight excluding hydrogens is 222 g/mol. The molecule has 0 radical (unpaired) electrons. The van der Waals surface area contributed by atoms with E-state index in [0.717, 1.165) is 0 Å². The van der Waals surface area contributed by atoms with Gasteiger partial charge in [-0.25, -0.2) is 0 Å². The van der Waals surface area contributed by atoms with Crippen molar-refractivity contribution in [2.24, 2.45) is 0 Å². The number of imide groups is 1. The highest BCUT2D eigenvalue weighted by molar-refractivity contribution is 6.04. The number of carbonyl (C=O) groups is 3. The lowest BCUT2D eigenvalue weighted by Gasteiger charge is -2.33. The summed E-state index contributed by atoms with van der Waals surface area (Å²) in [5.74, 6) is -1.08. The van der Waals surface area contributed by atoms with Crippen LogP contribution >= 0.6 is 0 Å². The van der Waals surface area contributed by atoms with Crippen LogP contribution in [0.25, 0.3) is 0 Å². The highest BCUT2D eigenvalue weighted by atomic mass is 16.2. The summed E-state index contributed by atoms with van der Waals surface area (Å²) in [6, 6.07) is -0.550. The molecule has 1 fully saturated rings. The average Bonchev–Trinajstić information content (AvgIpc) is 2.28. The first-order valence-corrected chi connectivity index (χ1v) is 5.55. The van der Waals surface area contributed by atoms with Crippen LogP contribution in [-0.2, 0) is 14.4 Å². The quantitative estimate of drug-likeness (QED) is 0.367. The monoisotopic (exact) mass is 239 g/mol. The van der Waals surface area contributed by atoms with Gasteiger partial charge in [-0.3, -0.25) is 19.7 Å². The molecule has 2 N–H and O–H groups in total. The van der Waals surface area contributed by atoms with E-state index < -0.39 is 17.9 Å². The van der Waals surface area contributed by atoms with E-state index in [9.17, 15) is 14.4 Å². The SMILES string of the molecule is C=CCNCC(=O)N1CC(=O)NC(=O)C1CC. The standard InChI is InChI=1S/C11H17N3O3/c1-3-5-12-6-10(16)14-7-9(15)13-11(17)8(14)4-2/h3,8,12H,1,4-7H2,2H3,(H,13,15,17). The molecule has 0 aromatic carbocycles. The second-order valence-electron chi connectivity index (χ2n) is 3.78. The fourth-order valence-electron chi connectivity index (χ4n) is 1.72. The van der Waals surface area contributed by atoms with Gasteiger partial charge in [0.2, 0.25) is 17.7 Å². The molecule has 1 rings (SSSR count). The van der Waals surface area contributed by atoms with Crippen LogP contribution in [0.4, 0.5) is 0 Å². The molecule has 17 heavy (non-hydrogen) atoms. The highest BCUT2D eigenvalue weighted by Crippen LogP contribution is 2.08. The van der Waals surface area contributed by atoms with E-state index in [1.54, 1.807) is 13.0 Å². The van der Waals surface area contributed by atoms with Gasteiger partial charge in [0, 0.05) is 6.54 Å². The number of carbonyl (C=O) groups excluding carboxylic acids is 3. The molecule has 1 heterocycles. The van der Waals surface area contributed by atoms with Gasteiger partial charge in [0.05, 0.1) is 6.54 Å². The molecule has 94 valence electrons. The van der Waals surface area contributed by atoms with E-state index in [0.29, 0.717) is 13.0 Å². The minimum absolute atomic E-state index is 0.0567. The zero-order valence-electron chi connectivity index (χ0n) is 9.86. The number of piperazine rings is 1. The van der Waals surface area contributed by atoms with Crippen molar-refractivity contribution in [2.45, 2.75) is 19.4 Å². The normalized spacial score (nSPS) is 20.1. The van der Waals surface area contributed by atoms with Crippen molar-refractivity contribution in [3.63, 3.8) is 0 Å². The Bertz CT molecular complexity index is 341. The van der Waals surface area contributed by atoms with Gasteiger partial charge in [-0.2, -0.15) is 0 Å². The van der Waals surface area contributed by atoms with Crippen LogP contribution in [0.5, 0.6) is 0 Å². The van der Waals surface area contributed by atoms with Gasteiger partial charge in [-0.1, -0.05) is 13.0 Å². The van der Waals surface area contributed by atoms with Crippen LogP contribution in [-0.4, -0.2) is 48.3 Å². The predicted molar refractivity (Wildman–Crippen MR) is 62.0 cm³/mol. The zero-order chi connectivity index (χ0) is 12.8. The van der Waals surface area contributed by atoms with Crippen molar-refractivity contribution in [3.8, 4) is 0 Å². The van der Waals surface area contributed by atoms with E-state index in [1.165, 1.54) is 4.90 Å². The molecule has 0 aromatic rings. The van der Waals surface area contributed by atoms with Gasteiger partial charge in [0.25, 0.3) is 0 Å². The van der Waals surface area contributed by atoms with Gasteiger partial charge < -0.3 is 10.2 Å². The molecule has 0 saturated carbocycles. The van der Waals surface area contributed by atoms with E-state index >= 15 is 0 Å². The fourth-order valence-corrected chi connectivity index (χ4v) is 1.72. The molecule has 1 aliphatic rings. The molecule has 0 aromatic heterocycles. The summed E-state index contributed by atoms with van der Waals surface area (Å²) in [5.41, 5.74) is 0. The molecule has 1 saturated heterocycles. The molecular formula is C11H17N3O3. The van der Waals surface area contributed by atoms with Crippen LogP contribution < -0.4 is 10.6 Å². The van der Waals surface area contributed by atoms with Crippen molar-refractivity contribution < 1.29 is 14.4 Å². The van der Waals surface area contributed by atoms with Crippen molar-refractivity contribution in [3.05, 3.63) is 12.7 Å². The largest absolute Gasteiger partial charge is 0.320 e. The Balaban J connectivity index is 2.64. The third kappa shape index (κ3) is 3.39. The summed E-state index contributed by atoms with van der Waals surface area (Å²) in [6.45, 7) is 5.88. The van der Waals surface area contributed by atoms with Crippen LogP contribution in [0.3, 0.4) is 0 Å². The maximum atomic E-state index is 11.8. The second-order valence-corrected chi connectivity index (χ2v) is 3.78. The summed E-state index contributed by atoms with van der Waals surface area (Å²) in [6.07, 6.45) is 2.13. The number of amides is 3. The summed E-state index contributed by atoms with van der Waals surface area (Å²) < 4.78 is 0. The topological polar surface area (TPSA) is 78.5 Å². The first-order chi connectivity index (χ1) is 8.10. The van der Waals surface area contributed by atoms with E-state index in [4.69, 9.17) is 0 Å². The van der Waals surface area contributed by atoms with Crippen LogP contribution in [0.15, 0.2) is 12.7 Å². The Morgan fingerprint density at radius 1 is 1.65 bits per heavy atom. The van der Waals surface area contributed by atoms with Gasteiger partial charge >= 0.3 is 0 Å². The predicted octanol–water partition coefficient (Wildman–Crippen LogP) is -0.974. The van der Waals surface area contributed by atoms with Crippen molar-refractivity contribution in [1.82, 2.24) is 15.5 Å². The number of hydrogen-bond acceptors (Lipinski definition) is 4. The maximum Gasteiger partial charge on any atom is 0.249 e. The summed E-state index contributed by atoms with van der Waals surface area (Å²) in [7, 11) is 0. The Morgan fingerprint density at radius 3 is 2.94 bits per heavy atom. The first-order valence-electron chi connectivity index (χ1n) is 5.55. The lowest BCUT2D eigenvalue weighted by atomic mass is 10.1. The van der Waals surface area contributed by atoms with E-state index in [-0.39, 0.29) is 19.0 Å². The van der Waals surface area contributed by atoms with Crippen molar-refractivity contribution in [2.75, 3.05) is 19.6 Å². The first kappa shape index (κ1) is 13.4. The summed E-state index contributed by atoms with van der Waals surface area (Å²) in [4.78, 5) is 35.9. The lowest BCUT2D eigenvalue weighted by molar-refractivity contribution is -0.149. The number of hydrogen-bond donors (Lipinski definition) is 2. The molecule has 0 bridgehead atoms. The van der Waals surface area contributed by atoms with Gasteiger partial charge in [-0.05, 0) is 6.42 Å². The molecule has 3 amide bonds. The van der Waals surface area contributed by atoms with Crippen molar-refractivity contribution in [1.29, 1.82) is 0 Å². The number of rotatable bonds is 5. The van der Waals surface area contributed by atoms with E-state index in [1.807, 2.05) is 0 Å². The Labute approximate surface area is 100 Å². The third-order valence-electron chi connectivity index (χ3n) is 2.53. The molecule has 6 heteroatoms. The zero-order valence-corrected chi connectivity index (χ0v) is 9.86. The molecule has 1 atom stereocenters. The van der Waals surface area contributed by atoms with Gasteiger partial charge in [0.15, 0.2) is 0 Å². The Kier molecular flexibility index (Phi) is 4.84. The minimum atomic E-state index is -0.550. The summed E-state index contributed by atoms with van der Waals surface area (Å²) >= 11 is 0.